The van der Waals surface area contributed by atoms with Gasteiger partial charge < -0.3 is 10.1 Å². The molecule has 0 amide bonds. The Labute approximate surface area is 107 Å². The fraction of sp³-hybridized carbons (Fsp3) is 0.667. The van der Waals surface area contributed by atoms with E-state index >= 15 is 0 Å². The van der Waals surface area contributed by atoms with Crippen molar-refractivity contribution in [2.75, 3.05) is 18.5 Å². The number of anilines is 1. The summed E-state index contributed by atoms with van der Waals surface area (Å²) < 4.78 is 5.40. The topological polar surface area (TPSA) is 47.0 Å². The normalized spacial score (nSPS) is 21.5. The van der Waals surface area contributed by atoms with Crippen LogP contribution in [0.2, 0.25) is 5.15 Å². The van der Waals surface area contributed by atoms with E-state index in [0.29, 0.717) is 17.1 Å². The average molecular weight is 256 g/mol. The Kier molecular flexibility index (Phi) is 4.18. The van der Waals surface area contributed by atoms with Crippen molar-refractivity contribution in [1.29, 1.82) is 0 Å². The van der Waals surface area contributed by atoms with Gasteiger partial charge in [-0.15, -0.1) is 0 Å². The van der Waals surface area contributed by atoms with Gasteiger partial charge in [-0.05, 0) is 19.8 Å². The summed E-state index contributed by atoms with van der Waals surface area (Å²) in [5, 5.41) is 3.97. The van der Waals surface area contributed by atoms with Crippen LogP contribution >= 0.6 is 11.6 Å². The van der Waals surface area contributed by atoms with Crippen molar-refractivity contribution in [2.45, 2.75) is 32.7 Å². The lowest BCUT2D eigenvalue weighted by Gasteiger charge is -2.21. The Bertz CT molecular complexity index is 380. The van der Waals surface area contributed by atoms with Gasteiger partial charge in [-0.1, -0.05) is 18.5 Å². The zero-order valence-corrected chi connectivity index (χ0v) is 11.0. The Morgan fingerprint density at radius 3 is 3.06 bits per heavy atom. The highest BCUT2D eigenvalue weighted by atomic mass is 35.5. The highest BCUT2D eigenvalue weighted by Crippen LogP contribution is 2.24. The van der Waals surface area contributed by atoms with Crippen LogP contribution in [0.5, 0.6) is 0 Å². The minimum Gasteiger partial charge on any atom is -0.381 e. The van der Waals surface area contributed by atoms with Crippen LogP contribution < -0.4 is 5.32 Å². The van der Waals surface area contributed by atoms with E-state index in [1.807, 2.05) is 0 Å². The predicted molar refractivity (Wildman–Crippen MR) is 68.4 cm³/mol. The first kappa shape index (κ1) is 12.6. The molecule has 0 aliphatic carbocycles. The van der Waals surface area contributed by atoms with E-state index in [4.69, 9.17) is 16.3 Å². The molecule has 17 heavy (non-hydrogen) atoms. The molecule has 2 rings (SSSR count). The number of halogens is 1. The summed E-state index contributed by atoms with van der Waals surface area (Å²) in [4.78, 5) is 8.28. The van der Waals surface area contributed by atoms with Gasteiger partial charge in [0.1, 0.15) is 17.3 Å². The lowest BCUT2D eigenvalue weighted by atomic mass is 10.0. The number of ether oxygens (including phenoxy) is 1. The van der Waals surface area contributed by atoms with Crippen LogP contribution in [0.25, 0.3) is 0 Å². The third-order valence-electron chi connectivity index (χ3n) is 3.28. The van der Waals surface area contributed by atoms with Crippen LogP contribution in [-0.2, 0) is 11.2 Å². The third kappa shape index (κ3) is 2.87. The first-order chi connectivity index (χ1) is 8.22. The molecule has 1 aliphatic heterocycles. The van der Waals surface area contributed by atoms with Crippen molar-refractivity contribution in [2.24, 2.45) is 5.92 Å². The van der Waals surface area contributed by atoms with Gasteiger partial charge in [-0.2, -0.15) is 0 Å². The van der Waals surface area contributed by atoms with Crippen LogP contribution in [0.3, 0.4) is 0 Å². The number of aromatic nitrogens is 2. The maximum atomic E-state index is 6.06. The SMILES string of the molecule is CCc1c(Cl)ncnc1NC(C)C1CCOC1. The molecule has 0 bridgehead atoms. The second kappa shape index (κ2) is 5.65. The largest absolute Gasteiger partial charge is 0.381 e. The van der Waals surface area contributed by atoms with Crippen LogP contribution in [0.1, 0.15) is 25.8 Å². The Hall–Kier alpha value is -0.870. The van der Waals surface area contributed by atoms with Crippen LogP contribution in [-0.4, -0.2) is 29.2 Å². The first-order valence-electron chi connectivity index (χ1n) is 6.06. The number of nitrogens with one attached hydrogen (secondary N) is 1. The lowest BCUT2D eigenvalue weighted by Crippen LogP contribution is -2.27. The zero-order chi connectivity index (χ0) is 12.3. The number of rotatable bonds is 4. The van der Waals surface area contributed by atoms with E-state index in [1.165, 1.54) is 6.33 Å². The molecule has 1 fully saturated rings. The molecule has 1 N–H and O–H groups in total. The van der Waals surface area contributed by atoms with Crippen LogP contribution in [0.4, 0.5) is 5.82 Å². The number of nitrogens with zero attached hydrogens (tertiary/aromatic N) is 2. The molecule has 2 atom stereocenters. The summed E-state index contributed by atoms with van der Waals surface area (Å²) in [5.41, 5.74) is 0.986. The van der Waals surface area contributed by atoms with Gasteiger partial charge in [0.25, 0.3) is 0 Å². The van der Waals surface area contributed by atoms with Crippen molar-refractivity contribution in [3.8, 4) is 0 Å². The fourth-order valence-corrected chi connectivity index (χ4v) is 2.38. The highest BCUT2D eigenvalue weighted by Gasteiger charge is 2.23. The summed E-state index contributed by atoms with van der Waals surface area (Å²) in [6, 6.07) is 0.341. The second-order valence-corrected chi connectivity index (χ2v) is 4.76. The highest BCUT2D eigenvalue weighted by molar-refractivity contribution is 6.30. The van der Waals surface area contributed by atoms with Crippen molar-refractivity contribution in [3.05, 3.63) is 17.0 Å². The summed E-state index contributed by atoms with van der Waals surface area (Å²) >= 11 is 6.06. The maximum Gasteiger partial charge on any atom is 0.137 e. The minimum atomic E-state index is 0.341. The van der Waals surface area contributed by atoms with Gasteiger partial charge in [0, 0.05) is 24.1 Å². The van der Waals surface area contributed by atoms with Gasteiger partial charge in [-0.3, -0.25) is 0 Å². The van der Waals surface area contributed by atoms with Gasteiger partial charge >= 0.3 is 0 Å². The Morgan fingerprint density at radius 1 is 1.59 bits per heavy atom. The molecule has 0 saturated carbocycles. The summed E-state index contributed by atoms with van der Waals surface area (Å²) in [6.07, 6.45) is 3.44. The molecule has 1 aromatic rings. The lowest BCUT2D eigenvalue weighted by molar-refractivity contribution is 0.183. The van der Waals surface area contributed by atoms with Gasteiger partial charge in [0.05, 0.1) is 6.61 Å². The van der Waals surface area contributed by atoms with Crippen molar-refractivity contribution < 1.29 is 4.74 Å². The third-order valence-corrected chi connectivity index (χ3v) is 3.61. The van der Waals surface area contributed by atoms with Gasteiger partial charge in [-0.25, -0.2) is 9.97 Å². The Balaban J connectivity index is 2.09. The van der Waals surface area contributed by atoms with Crippen molar-refractivity contribution >= 4 is 17.4 Å². The molecule has 2 unspecified atom stereocenters. The molecular formula is C12H18ClN3O. The smallest absolute Gasteiger partial charge is 0.137 e. The second-order valence-electron chi connectivity index (χ2n) is 4.40. The van der Waals surface area contributed by atoms with E-state index < -0.39 is 0 Å². The Morgan fingerprint density at radius 2 is 2.41 bits per heavy atom. The molecule has 94 valence electrons. The standard InChI is InChI=1S/C12H18ClN3O/c1-3-10-11(13)14-7-15-12(10)16-8(2)9-4-5-17-6-9/h7-9H,3-6H2,1-2H3,(H,14,15,16). The monoisotopic (exact) mass is 255 g/mol. The molecule has 1 aromatic heterocycles. The van der Waals surface area contributed by atoms with Crippen LogP contribution in [0, 0.1) is 5.92 Å². The number of hydrogen-bond donors (Lipinski definition) is 1. The average Bonchev–Trinajstić information content (AvgIpc) is 2.82. The molecule has 5 heteroatoms. The minimum absolute atomic E-state index is 0.341. The van der Waals surface area contributed by atoms with Crippen molar-refractivity contribution in [3.63, 3.8) is 0 Å². The molecule has 0 aromatic carbocycles. The molecule has 1 saturated heterocycles. The summed E-state index contributed by atoms with van der Waals surface area (Å²) in [6.45, 7) is 5.91. The summed E-state index contributed by atoms with van der Waals surface area (Å²) in [7, 11) is 0. The summed E-state index contributed by atoms with van der Waals surface area (Å²) in [5.74, 6) is 1.40. The number of hydrogen-bond acceptors (Lipinski definition) is 4. The van der Waals surface area contributed by atoms with E-state index in [0.717, 1.165) is 37.4 Å². The van der Waals surface area contributed by atoms with Gasteiger partial charge in [0.15, 0.2) is 0 Å². The molecule has 2 heterocycles. The zero-order valence-electron chi connectivity index (χ0n) is 10.2. The maximum absolute atomic E-state index is 6.06. The van der Waals surface area contributed by atoms with Crippen molar-refractivity contribution in [1.82, 2.24) is 9.97 Å². The van der Waals surface area contributed by atoms with E-state index in [9.17, 15) is 0 Å². The van der Waals surface area contributed by atoms with Crippen LogP contribution in [0.15, 0.2) is 6.33 Å². The van der Waals surface area contributed by atoms with E-state index in [2.05, 4.69) is 29.1 Å². The quantitative estimate of drug-likeness (QED) is 0.840. The molecule has 0 radical (unpaired) electrons. The molecule has 1 aliphatic rings. The predicted octanol–water partition coefficient (Wildman–Crippen LogP) is 2.53. The molecule has 0 spiro atoms. The fourth-order valence-electron chi connectivity index (χ4n) is 2.11. The molecule has 4 nitrogen and oxygen atoms in total. The first-order valence-corrected chi connectivity index (χ1v) is 6.43. The van der Waals surface area contributed by atoms with E-state index in [-0.39, 0.29) is 0 Å². The molecular weight excluding hydrogens is 238 g/mol. The van der Waals surface area contributed by atoms with Gasteiger partial charge in [0.2, 0.25) is 0 Å². The van der Waals surface area contributed by atoms with E-state index in [1.54, 1.807) is 0 Å².